The first-order valence-electron chi connectivity index (χ1n) is 9.50. The molecule has 0 unspecified atom stereocenters. The number of aryl methyl sites for hydroxylation is 1. The van der Waals surface area contributed by atoms with Crippen molar-refractivity contribution in [1.82, 2.24) is 9.80 Å². The van der Waals surface area contributed by atoms with E-state index in [1.807, 2.05) is 58.4 Å². The molecule has 1 aromatic heterocycles. The van der Waals surface area contributed by atoms with Gasteiger partial charge in [0.2, 0.25) is 0 Å². The Morgan fingerprint density at radius 3 is 2.41 bits per heavy atom. The van der Waals surface area contributed by atoms with E-state index in [2.05, 4.69) is 11.8 Å². The van der Waals surface area contributed by atoms with Gasteiger partial charge in [-0.3, -0.25) is 9.59 Å². The zero-order valence-corrected chi connectivity index (χ0v) is 17.2. The third-order valence-corrected chi connectivity index (χ3v) is 8.01. The highest BCUT2D eigenvalue weighted by Crippen LogP contribution is 2.44. The van der Waals surface area contributed by atoms with Gasteiger partial charge in [-0.1, -0.05) is 25.1 Å². The molecular formula is C21H24N2O2S2. The van der Waals surface area contributed by atoms with E-state index in [-0.39, 0.29) is 16.7 Å². The molecule has 0 atom stereocenters. The molecule has 4 nitrogen and oxygen atoms in total. The van der Waals surface area contributed by atoms with Crippen molar-refractivity contribution >= 4 is 34.9 Å². The van der Waals surface area contributed by atoms with Crippen molar-refractivity contribution in [3.63, 3.8) is 0 Å². The number of hydrogen-bond acceptors (Lipinski definition) is 4. The summed E-state index contributed by atoms with van der Waals surface area (Å²) in [6.07, 6.45) is 2.66. The SMILES string of the molecule is CCc1ccc(C(=O)N2CCC3(CC2)SCCN3C(=O)c2cccs2)cc1. The second-order valence-electron chi connectivity index (χ2n) is 7.07. The summed E-state index contributed by atoms with van der Waals surface area (Å²) in [6.45, 7) is 4.32. The molecule has 0 radical (unpaired) electrons. The van der Waals surface area contributed by atoms with Crippen molar-refractivity contribution in [2.24, 2.45) is 0 Å². The Morgan fingerprint density at radius 1 is 1.04 bits per heavy atom. The molecule has 2 aliphatic rings. The van der Waals surface area contributed by atoms with E-state index >= 15 is 0 Å². The number of hydrogen-bond donors (Lipinski definition) is 0. The Bertz CT molecular complexity index is 809. The summed E-state index contributed by atoms with van der Waals surface area (Å²) in [5, 5.41) is 1.95. The first-order chi connectivity index (χ1) is 13.1. The summed E-state index contributed by atoms with van der Waals surface area (Å²) in [7, 11) is 0. The van der Waals surface area contributed by atoms with E-state index in [1.54, 1.807) is 0 Å². The van der Waals surface area contributed by atoms with Gasteiger partial charge in [0.15, 0.2) is 0 Å². The van der Waals surface area contributed by atoms with Crippen molar-refractivity contribution in [2.45, 2.75) is 31.1 Å². The summed E-state index contributed by atoms with van der Waals surface area (Å²) < 4.78 is 0. The molecule has 0 saturated carbocycles. The summed E-state index contributed by atoms with van der Waals surface area (Å²) in [5.41, 5.74) is 2.00. The molecule has 27 heavy (non-hydrogen) atoms. The Morgan fingerprint density at radius 2 is 1.78 bits per heavy atom. The van der Waals surface area contributed by atoms with Crippen LogP contribution in [0, 0.1) is 0 Å². The van der Waals surface area contributed by atoms with E-state index in [9.17, 15) is 9.59 Å². The maximum Gasteiger partial charge on any atom is 0.265 e. The maximum absolute atomic E-state index is 12.9. The van der Waals surface area contributed by atoms with Gasteiger partial charge in [-0.2, -0.15) is 0 Å². The van der Waals surface area contributed by atoms with Crippen LogP contribution in [0.1, 0.15) is 45.4 Å². The van der Waals surface area contributed by atoms with Gasteiger partial charge in [-0.05, 0) is 48.4 Å². The van der Waals surface area contributed by atoms with E-state index < -0.39 is 0 Å². The average Bonchev–Trinajstić information content (AvgIpc) is 3.38. The lowest BCUT2D eigenvalue weighted by Crippen LogP contribution is -2.53. The van der Waals surface area contributed by atoms with E-state index in [4.69, 9.17) is 0 Å². The lowest BCUT2D eigenvalue weighted by atomic mass is 10.0. The number of piperidine rings is 1. The van der Waals surface area contributed by atoms with Gasteiger partial charge in [-0.25, -0.2) is 0 Å². The van der Waals surface area contributed by atoms with Crippen LogP contribution < -0.4 is 0 Å². The van der Waals surface area contributed by atoms with Gasteiger partial charge in [0, 0.05) is 31.0 Å². The van der Waals surface area contributed by atoms with Crippen molar-refractivity contribution in [3.05, 3.63) is 57.8 Å². The normalized spacial score (nSPS) is 18.9. The van der Waals surface area contributed by atoms with Gasteiger partial charge in [0.05, 0.1) is 9.75 Å². The number of amides is 2. The number of benzene rings is 1. The molecule has 142 valence electrons. The largest absolute Gasteiger partial charge is 0.338 e. The minimum Gasteiger partial charge on any atom is -0.338 e. The number of likely N-dealkylation sites (tertiary alicyclic amines) is 1. The topological polar surface area (TPSA) is 40.6 Å². The molecule has 2 aromatic rings. The van der Waals surface area contributed by atoms with Gasteiger partial charge in [0.25, 0.3) is 11.8 Å². The molecule has 3 heterocycles. The lowest BCUT2D eigenvalue weighted by molar-refractivity contribution is 0.0501. The van der Waals surface area contributed by atoms with Gasteiger partial charge >= 0.3 is 0 Å². The molecule has 1 aromatic carbocycles. The van der Waals surface area contributed by atoms with Gasteiger partial charge < -0.3 is 9.80 Å². The lowest BCUT2D eigenvalue weighted by Gasteiger charge is -2.44. The molecule has 1 spiro atoms. The van der Waals surface area contributed by atoms with E-state index in [0.717, 1.165) is 42.0 Å². The molecule has 2 amide bonds. The Balaban J connectivity index is 1.44. The quantitative estimate of drug-likeness (QED) is 0.778. The van der Waals surface area contributed by atoms with Crippen LogP contribution in [0.5, 0.6) is 0 Å². The fourth-order valence-electron chi connectivity index (χ4n) is 3.97. The molecule has 0 aliphatic carbocycles. The zero-order valence-electron chi connectivity index (χ0n) is 15.5. The standard InChI is InChI=1S/C21H24N2O2S2/c1-2-16-5-7-17(8-6-16)19(24)22-11-9-21(10-12-22)23(13-15-27-21)20(25)18-4-3-14-26-18/h3-8,14H,2,9-13,15H2,1H3. The third-order valence-electron chi connectivity index (χ3n) is 5.60. The number of rotatable bonds is 3. The van der Waals surface area contributed by atoms with Crippen molar-refractivity contribution < 1.29 is 9.59 Å². The molecule has 6 heteroatoms. The van der Waals surface area contributed by atoms with Crippen LogP contribution in [0.3, 0.4) is 0 Å². The first-order valence-corrected chi connectivity index (χ1v) is 11.4. The van der Waals surface area contributed by atoms with E-state index in [1.165, 1.54) is 16.9 Å². The number of thioether (sulfide) groups is 1. The van der Waals surface area contributed by atoms with Gasteiger partial charge in [0.1, 0.15) is 0 Å². The summed E-state index contributed by atoms with van der Waals surface area (Å²) in [5.74, 6) is 1.22. The second-order valence-corrected chi connectivity index (χ2v) is 9.48. The summed E-state index contributed by atoms with van der Waals surface area (Å²) in [6, 6.07) is 11.8. The molecule has 4 rings (SSSR count). The van der Waals surface area contributed by atoms with Crippen LogP contribution in [0.4, 0.5) is 0 Å². The number of nitrogens with zero attached hydrogens (tertiary/aromatic N) is 2. The highest BCUT2D eigenvalue weighted by molar-refractivity contribution is 8.00. The predicted molar refractivity (Wildman–Crippen MR) is 112 cm³/mol. The molecule has 0 bridgehead atoms. The predicted octanol–water partition coefficient (Wildman–Crippen LogP) is 4.13. The zero-order chi connectivity index (χ0) is 18.9. The highest BCUT2D eigenvalue weighted by Gasteiger charge is 2.47. The monoisotopic (exact) mass is 400 g/mol. The fraction of sp³-hybridized carbons (Fsp3) is 0.429. The van der Waals surface area contributed by atoms with Crippen LogP contribution in [0.2, 0.25) is 0 Å². The summed E-state index contributed by atoms with van der Waals surface area (Å²) in [4.78, 5) is 30.4. The summed E-state index contributed by atoms with van der Waals surface area (Å²) >= 11 is 3.39. The molecular weight excluding hydrogens is 376 g/mol. The Hall–Kier alpha value is -1.79. The highest BCUT2D eigenvalue weighted by atomic mass is 32.2. The van der Waals surface area contributed by atoms with Crippen molar-refractivity contribution in [2.75, 3.05) is 25.4 Å². The first kappa shape index (κ1) is 18.6. The fourth-order valence-corrected chi connectivity index (χ4v) is 6.09. The van der Waals surface area contributed by atoms with Crippen LogP contribution >= 0.6 is 23.1 Å². The number of thiophene rings is 1. The molecule has 2 saturated heterocycles. The molecule has 0 N–H and O–H groups in total. The number of carbonyl (C=O) groups is 2. The third kappa shape index (κ3) is 3.52. The van der Waals surface area contributed by atoms with Gasteiger partial charge in [-0.15, -0.1) is 23.1 Å². The smallest absolute Gasteiger partial charge is 0.265 e. The van der Waals surface area contributed by atoms with Crippen molar-refractivity contribution in [1.29, 1.82) is 0 Å². The second kappa shape index (κ2) is 7.68. The maximum atomic E-state index is 12.9. The van der Waals surface area contributed by atoms with Crippen LogP contribution in [-0.2, 0) is 6.42 Å². The molecule has 2 fully saturated rings. The number of carbonyl (C=O) groups excluding carboxylic acids is 2. The molecule has 2 aliphatic heterocycles. The Labute approximate surface area is 168 Å². The van der Waals surface area contributed by atoms with Crippen LogP contribution in [0.15, 0.2) is 41.8 Å². The van der Waals surface area contributed by atoms with E-state index in [0.29, 0.717) is 13.1 Å². The average molecular weight is 401 g/mol. The Kier molecular flexibility index (Phi) is 5.28. The van der Waals surface area contributed by atoms with Crippen LogP contribution in [-0.4, -0.2) is 51.9 Å². The van der Waals surface area contributed by atoms with Crippen LogP contribution in [0.25, 0.3) is 0 Å². The minimum atomic E-state index is -0.149. The van der Waals surface area contributed by atoms with Crippen molar-refractivity contribution in [3.8, 4) is 0 Å². The minimum absolute atomic E-state index is 0.103.